The molecule has 0 aromatic rings. The number of hydrogen-bond acceptors (Lipinski definition) is 7. The summed E-state index contributed by atoms with van der Waals surface area (Å²) >= 11 is 1.20. The summed E-state index contributed by atoms with van der Waals surface area (Å²) < 4.78 is 31.6. The van der Waals surface area contributed by atoms with Crippen LogP contribution >= 0.6 is 11.8 Å². The van der Waals surface area contributed by atoms with E-state index in [1.807, 2.05) is 0 Å². The number of thioether (sulfide) groups is 1. The largest absolute Gasteiger partial charge is 0.480 e. The van der Waals surface area contributed by atoms with Crippen LogP contribution in [-0.4, -0.2) is 70.3 Å². The van der Waals surface area contributed by atoms with Crippen LogP contribution in [0, 0.1) is 0 Å². The van der Waals surface area contributed by atoms with Gasteiger partial charge in [0.25, 0.3) is 0 Å². The van der Waals surface area contributed by atoms with E-state index in [1.165, 1.54) is 18.8 Å². The maximum atomic E-state index is 10.5. The topological polar surface area (TPSA) is 187 Å². The zero-order chi connectivity index (χ0) is 15.6. The van der Waals surface area contributed by atoms with Crippen molar-refractivity contribution in [2.45, 2.75) is 12.1 Å². The van der Waals surface area contributed by atoms with Gasteiger partial charge >= 0.3 is 22.3 Å². The molecule has 19 heavy (non-hydrogen) atoms. The summed E-state index contributed by atoms with van der Waals surface area (Å²) in [4.78, 5) is 20.8. The molecule has 2 atom stereocenters. The first-order valence-electron chi connectivity index (χ1n) is 4.65. The molecule has 10 nitrogen and oxygen atoms in total. The second-order valence-corrected chi connectivity index (χ2v) is 5.08. The van der Waals surface area contributed by atoms with E-state index in [2.05, 4.69) is 5.32 Å². The van der Waals surface area contributed by atoms with Crippen molar-refractivity contribution in [1.29, 1.82) is 0 Å². The van der Waals surface area contributed by atoms with Crippen LogP contribution in [0.2, 0.25) is 0 Å². The maximum absolute atomic E-state index is 10.5. The third-order valence-electron chi connectivity index (χ3n) is 1.55. The summed E-state index contributed by atoms with van der Waals surface area (Å²) in [6, 6.07) is -1.60. The van der Waals surface area contributed by atoms with Crippen molar-refractivity contribution in [3.8, 4) is 0 Å². The van der Waals surface area contributed by atoms with Gasteiger partial charge in [-0.15, -0.1) is 0 Å². The number of aliphatic carboxylic acids is 2. The summed E-state index contributed by atoms with van der Waals surface area (Å²) in [5.74, 6) is -1.52. The molecule has 0 aromatic heterocycles. The molecule has 2 unspecified atom stereocenters. The molecule has 0 spiro atoms. The van der Waals surface area contributed by atoms with E-state index in [0.29, 0.717) is 5.75 Å². The van der Waals surface area contributed by atoms with E-state index in [4.69, 9.17) is 33.5 Å². The van der Waals surface area contributed by atoms with Crippen molar-refractivity contribution in [3.05, 3.63) is 0 Å². The van der Waals surface area contributed by atoms with Crippen LogP contribution in [0.25, 0.3) is 0 Å². The molecule has 0 rings (SSSR count). The van der Waals surface area contributed by atoms with E-state index in [-0.39, 0.29) is 5.75 Å². The Morgan fingerprint density at radius 3 is 1.89 bits per heavy atom. The highest BCUT2D eigenvalue weighted by Crippen LogP contribution is 2.04. The maximum Gasteiger partial charge on any atom is 0.394 e. The molecule has 0 radical (unpaired) electrons. The molecular weight excluding hydrogens is 304 g/mol. The lowest BCUT2D eigenvalue weighted by Crippen LogP contribution is -2.38. The van der Waals surface area contributed by atoms with E-state index in [0.717, 1.165) is 0 Å². The van der Waals surface area contributed by atoms with Gasteiger partial charge in [0, 0.05) is 11.5 Å². The van der Waals surface area contributed by atoms with E-state index in [9.17, 15) is 9.59 Å². The second kappa shape index (κ2) is 9.94. The number of likely N-dealkylation sites (N-methyl/N-ethyl adjacent to an activating group) is 1. The van der Waals surface area contributed by atoms with Crippen molar-refractivity contribution in [1.82, 2.24) is 5.32 Å². The minimum Gasteiger partial charge on any atom is -0.480 e. The van der Waals surface area contributed by atoms with Gasteiger partial charge in [-0.1, -0.05) is 0 Å². The van der Waals surface area contributed by atoms with Crippen molar-refractivity contribution >= 4 is 34.1 Å². The summed E-state index contributed by atoms with van der Waals surface area (Å²) in [6.45, 7) is 0. The standard InChI is InChI=1S/C7H14N2O4S.H2O4S/c1-9-5(7(12)13)3-14-2-4(8)6(10)11;1-5(2,3)4/h4-5,9H,2-3,8H2,1H3,(H,10,11)(H,12,13);(H2,1,2,3,4). The molecule has 0 aromatic carbocycles. The van der Waals surface area contributed by atoms with Gasteiger partial charge in [-0.05, 0) is 7.05 Å². The van der Waals surface area contributed by atoms with Crippen LogP contribution in [0.15, 0.2) is 0 Å². The number of carboxylic acids is 2. The predicted molar refractivity (Wildman–Crippen MR) is 67.6 cm³/mol. The fraction of sp³-hybridized carbons (Fsp3) is 0.714. The third kappa shape index (κ3) is 17.1. The molecule has 0 saturated carbocycles. The predicted octanol–water partition coefficient (Wildman–Crippen LogP) is -1.85. The first kappa shape index (κ1) is 20.4. The monoisotopic (exact) mass is 320 g/mol. The smallest absolute Gasteiger partial charge is 0.394 e. The number of rotatable bonds is 7. The van der Waals surface area contributed by atoms with Crippen LogP contribution in [0.5, 0.6) is 0 Å². The van der Waals surface area contributed by atoms with Gasteiger partial charge in [-0.3, -0.25) is 18.7 Å². The molecular formula is C7H16N2O8S2. The number of carboxylic acid groups (broad SMARTS) is 2. The summed E-state index contributed by atoms with van der Waals surface area (Å²) in [5.41, 5.74) is 5.23. The molecule has 0 aliphatic carbocycles. The lowest BCUT2D eigenvalue weighted by atomic mass is 10.3. The minimum absolute atomic E-state index is 0.209. The number of nitrogens with two attached hydrogens (primary N) is 1. The summed E-state index contributed by atoms with van der Waals surface area (Å²) in [5, 5.41) is 19.7. The van der Waals surface area contributed by atoms with Gasteiger partial charge in [0.2, 0.25) is 0 Å². The fourth-order valence-corrected chi connectivity index (χ4v) is 1.74. The van der Waals surface area contributed by atoms with Crippen LogP contribution in [0.4, 0.5) is 0 Å². The van der Waals surface area contributed by atoms with Crippen LogP contribution in [0.1, 0.15) is 0 Å². The molecule has 0 aliphatic rings. The average molecular weight is 320 g/mol. The Morgan fingerprint density at radius 2 is 1.63 bits per heavy atom. The molecule has 7 N–H and O–H groups in total. The molecule has 0 heterocycles. The van der Waals surface area contributed by atoms with Gasteiger partial charge in [-0.25, -0.2) is 0 Å². The Bertz CT molecular complexity index is 377. The second-order valence-electron chi connectivity index (χ2n) is 3.11. The normalized spacial score (nSPS) is 13.9. The zero-order valence-electron chi connectivity index (χ0n) is 9.88. The summed E-state index contributed by atoms with van der Waals surface area (Å²) in [7, 11) is -3.13. The molecule has 0 aliphatic heterocycles. The number of hydrogen-bond donors (Lipinski definition) is 6. The Hall–Kier alpha value is -0.920. The zero-order valence-corrected chi connectivity index (χ0v) is 11.5. The molecule has 114 valence electrons. The quantitative estimate of drug-likeness (QED) is 0.289. The van der Waals surface area contributed by atoms with Crippen molar-refractivity contribution < 1.29 is 37.3 Å². The Morgan fingerprint density at radius 1 is 1.21 bits per heavy atom. The average Bonchev–Trinajstić information content (AvgIpc) is 2.20. The van der Waals surface area contributed by atoms with Gasteiger partial charge in [0.05, 0.1) is 0 Å². The van der Waals surface area contributed by atoms with E-state index >= 15 is 0 Å². The number of nitrogens with one attached hydrogen (secondary N) is 1. The first-order chi connectivity index (χ1) is 8.49. The third-order valence-corrected chi connectivity index (χ3v) is 2.71. The molecule has 0 bridgehead atoms. The molecule has 0 amide bonds. The minimum atomic E-state index is -4.67. The Labute approximate surface area is 113 Å². The van der Waals surface area contributed by atoms with E-state index in [1.54, 1.807) is 0 Å². The van der Waals surface area contributed by atoms with Gasteiger partial charge in [-0.2, -0.15) is 20.2 Å². The van der Waals surface area contributed by atoms with Crippen molar-refractivity contribution in [3.63, 3.8) is 0 Å². The van der Waals surface area contributed by atoms with Gasteiger partial charge < -0.3 is 21.3 Å². The number of carbonyl (C=O) groups is 2. The molecule has 0 saturated heterocycles. The lowest BCUT2D eigenvalue weighted by Gasteiger charge is -2.11. The molecule has 12 heteroatoms. The lowest BCUT2D eigenvalue weighted by molar-refractivity contribution is -0.139. The fourth-order valence-electron chi connectivity index (χ4n) is 0.662. The van der Waals surface area contributed by atoms with Crippen LogP contribution in [-0.2, 0) is 20.0 Å². The van der Waals surface area contributed by atoms with Crippen LogP contribution < -0.4 is 11.1 Å². The Kier molecular flexibility index (Phi) is 10.7. The first-order valence-corrected chi connectivity index (χ1v) is 7.20. The van der Waals surface area contributed by atoms with Gasteiger partial charge in [0.15, 0.2) is 0 Å². The SMILES string of the molecule is CNC(CSCC(N)C(=O)O)C(=O)O.O=S(=O)(O)O. The Balaban J connectivity index is 0. The highest BCUT2D eigenvalue weighted by molar-refractivity contribution is 7.99. The van der Waals surface area contributed by atoms with Crippen LogP contribution in [0.3, 0.4) is 0 Å². The van der Waals surface area contributed by atoms with E-state index < -0.39 is 34.4 Å². The van der Waals surface area contributed by atoms with Gasteiger partial charge in [0.1, 0.15) is 12.1 Å². The highest BCUT2D eigenvalue weighted by atomic mass is 32.3. The van der Waals surface area contributed by atoms with Crippen molar-refractivity contribution in [2.75, 3.05) is 18.6 Å². The van der Waals surface area contributed by atoms with Crippen molar-refractivity contribution in [2.24, 2.45) is 5.73 Å². The molecule has 0 fully saturated rings. The summed E-state index contributed by atoms with van der Waals surface area (Å²) in [6.07, 6.45) is 0. The highest BCUT2D eigenvalue weighted by Gasteiger charge is 2.17.